The number of nitrogens with zero attached hydrogens (tertiary/aromatic N) is 2. The quantitative estimate of drug-likeness (QED) is 0.240. The number of aromatic nitrogens is 2. The Hall–Kier alpha value is -4.11. The number of fused-ring (bicyclic) bond motifs is 1. The standard InChI is InChI=1S/C29H28N4O4S/c1-37-23-14-8-19(9-15-23)16-30-26(34)18-38-29-32-25-5-3-2-4-24(25)28(36)33(29)17-20-6-10-21(11-7-20)27(35)31-22-12-13-22/h2-11,14-15,22H,12-13,16-18H2,1H3,(H,30,34)(H,31,35). The van der Waals surface area contributed by atoms with Crippen LogP contribution in [0.4, 0.5) is 0 Å². The second-order valence-corrected chi connectivity index (χ2v) is 10.1. The maximum atomic E-state index is 13.4. The summed E-state index contributed by atoms with van der Waals surface area (Å²) in [5, 5.41) is 6.87. The van der Waals surface area contributed by atoms with Gasteiger partial charge in [0.15, 0.2) is 5.16 Å². The van der Waals surface area contributed by atoms with Gasteiger partial charge in [0.2, 0.25) is 5.91 Å². The minimum atomic E-state index is -0.174. The molecule has 9 heteroatoms. The summed E-state index contributed by atoms with van der Waals surface area (Å²) in [6.45, 7) is 0.666. The molecule has 5 rings (SSSR count). The maximum Gasteiger partial charge on any atom is 0.262 e. The molecule has 1 aliphatic carbocycles. The molecule has 1 heterocycles. The third-order valence-corrected chi connectivity index (χ3v) is 7.25. The van der Waals surface area contributed by atoms with Gasteiger partial charge in [0.25, 0.3) is 11.5 Å². The van der Waals surface area contributed by atoms with Crippen molar-refractivity contribution in [3.8, 4) is 5.75 Å². The molecule has 0 radical (unpaired) electrons. The fraction of sp³-hybridized carbons (Fsp3) is 0.241. The molecule has 0 saturated heterocycles. The first-order valence-electron chi connectivity index (χ1n) is 12.4. The minimum Gasteiger partial charge on any atom is -0.497 e. The molecule has 1 aliphatic rings. The van der Waals surface area contributed by atoms with Gasteiger partial charge in [-0.2, -0.15) is 0 Å². The highest BCUT2D eigenvalue weighted by Crippen LogP contribution is 2.21. The summed E-state index contributed by atoms with van der Waals surface area (Å²) in [7, 11) is 1.61. The number of rotatable bonds is 10. The number of hydrogen-bond acceptors (Lipinski definition) is 6. The van der Waals surface area contributed by atoms with E-state index in [2.05, 4.69) is 10.6 Å². The normalized spacial score (nSPS) is 12.8. The molecule has 1 saturated carbocycles. The number of methoxy groups -OCH3 is 1. The Bertz CT molecular complexity index is 1510. The van der Waals surface area contributed by atoms with Crippen LogP contribution in [0, 0.1) is 0 Å². The summed E-state index contributed by atoms with van der Waals surface area (Å²) in [5.74, 6) is 0.625. The van der Waals surface area contributed by atoms with Crippen LogP contribution in [0.15, 0.2) is 82.7 Å². The van der Waals surface area contributed by atoms with E-state index in [-0.39, 0.29) is 35.7 Å². The number of carbonyl (C=O) groups excluding carboxylic acids is 2. The van der Waals surface area contributed by atoms with Gasteiger partial charge in [-0.25, -0.2) is 4.98 Å². The number of para-hydroxylation sites is 1. The lowest BCUT2D eigenvalue weighted by Gasteiger charge is -2.14. The molecule has 3 aromatic carbocycles. The number of carbonyl (C=O) groups is 2. The molecule has 8 nitrogen and oxygen atoms in total. The van der Waals surface area contributed by atoms with E-state index in [1.165, 1.54) is 11.8 Å². The molecule has 1 fully saturated rings. The van der Waals surface area contributed by atoms with Gasteiger partial charge in [-0.3, -0.25) is 19.0 Å². The van der Waals surface area contributed by atoms with Crippen LogP contribution < -0.4 is 20.9 Å². The molecule has 1 aromatic heterocycles. The number of hydrogen-bond donors (Lipinski definition) is 2. The zero-order valence-corrected chi connectivity index (χ0v) is 21.8. The molecule has 0 spiro atoms. The van der Waals surface area contributed by atoms with Gasteiger partial charge in [-0.05, 0) is 60.4 Å². The van der Waals surface area contributed by atoms with Crippen molar-refractivity contribution in [2.24, 2.45) is 0 Å². The maximum absolute atomic E-state index is 13.4. The van der Waals surface area contributed by atoms with Crippen LogP contribution in [0.2, 0.25) is 0 Å². The van der Waals surface area contributed by atoms with Gasteiger partial charge in [-0.15, -0.1) is 0 Å². The molecule has 0 unspecified atom stereocenters. The van der Waals surface area contributed by atoms with Gasteiger partial charge in [0, 0.05) is 18.2 Å². The van der Waals surface area contributed by atoms with E-state index >= 15 is 0 Å². The Morgan fingerprint density at radius 3 is 2.42 bits per heavy atom. The van der Waals surface area contributed by atoms with Crippen LogP contribution in [0.1, 0.15) is 34.3 Å². The van der Waals surface area contributed by atoms with Crippen molar-refractivity contribution in [3.63, 3.8) is 0 Å². The number of nitrogens with one attached hydrogen (secondary N) is 2. The van der Waals surface area contributed by atoms with Gasteiger partial charge >= 0.3 is 0 Å². The molecular formula is C29H28N4O4S. The van der Waals surface area contributed by atoms with E-state index in [9.17, 15) is 14.4 Å². The average molecular weight is 529 g/mol. The van der Waals surface area contributed by atoms with Gasteiger partial charge < -0.3 is 15.4 Å². The Morgan fingerprint density at radius 1 is 1.00 bits per heavy atom. The largest absolute Gasteiger partial charge is 0.497 e. The third-order valence-electron chi connectivity index (χ3n) is 6.28. The van der Waals surface area contributed by atoms with Crippen LogP contribution in [-0.2, 0) is 17.9 Å². The van der Waals surface area contributed by atoms with Crippen molar-refractivity contribution < 1.29 is 14.3 Å². The zero-order valence-electron chi connectivity index (χ0n) is 21.0. The van der Waals surface area contributed by atoms with Crippen LogP contribution in [0.25, 0.3) is 10.9 Å². The van der Waals surface area contributed by atoms with Crippen molar-refractivity contribution in [2.45, 2.75) is 37.1 Å². The molecule has 0 aliphatic heterocycles. The van der Waals surface area contributed by atoms with E-state index in [1.807, 2.05) is 48.5 Å². The number of thioether (sulfide) groups is 1. The Balaban J connectivity index is 1.30. The number of ether oxygens (including phenoxy) is 1. The van der Waals surface area contributed by atoms with E-state index < -0.39 is 0 Å². The monoisotopic (exact) mass is 528 g/mol. The zero-order chi connectivity index (χ0) is 26.5. The first kappa shape index (κ1) is 25.5. The Morgan fingerprint density at radius 2 is 1.71 bits per heavy atom. The van der Waals surface area contributed by atoms with Crippen molar-refractivity contribution in [3.05, 3.63) is 99.8 Å². The van der Waals surface area contributed by atoms with Crippen LogP contribution >= 0.6 is 11.8 Å². The van der Waals surface area contributed by atoms with Crippen LogP contribution in [0.3, 0.4) is 0 Å². The second kappa shape index (κ2) is 11.5. The predicted molar refractivity (Wildman–Crippen MR) is 148 cm³/mol. The van der Waals surface area contributed by atoms with Gasteiger partial charge in [0.1, 0.15) is 5.75 Å². The van der Waals surface area contributed by atoms with Gasteiger partial charge in [0.05, 0.1) is 30.3 Å². The summed E-state index contributed by atoms with van der Waals surface area (Å²) in [6.07, 6.45) is 2.06. The summed E-state index contributed by atoms with van der Waals surface area (Å²) >= 11 is 1.22. The molecule has 194 valence electrons. The summed E-state index contributed by atoms with van der Waals surface area (Å²) < 4.78 is 6.75. The average Bonchev–Trinajstić information content (AvgIpc) is 3.77. The third kappa shape index (κ3) is 6.23. The molecule has 2 amide bonds. The number of benzene rings is 3. The highest BCUT2D eigenvalue weighted by molar-refractivity contribution is 7.99. The van der Waals surface area contributed by atoms with E-state index in [0.29, 0.717) is 28.2 Å². The molecule has 2 N–H and O–H groups in total. The SMILES string of the molecule is COc1ccc(CNC(=O)CSc2nc3ccccc3c(=O)n2Cc2ccc(C(=O)NC3CC3)cc2)cc1. The van der Waals surface area contributed by atoms with E-state index in [0.717, 1.165) is 29.7 Å². The fourth-order valence-corrected chi connectivity index (χ4v) is 4.79. The van der Waals surface area contributed by atoms with Crippen molar-refractivity contribution >= 4 is 34.5 Å². The van der Waals surface area contributed by atoms with Crippen molar-refractivity contribution in [1.29, 1.82) is 0 Å². The highest BCUT2D eigenvalue weighted by atomic mass is 32.2. The molecule has 4 aromatic rings. The van der Waals surface area contributed by atoms with Crippen molar-refractivity contribution in [2.75, 3.05) is 12.9 Å². The predicted octanol–water partition coefficient (Wildman–Crippen LogP) is 3.75. The van der Waals surface area contributed by atoms with E-state index in [1.54, 1.807) is 35.9 Å². The Kier molecular flexibility index (Phi) is 7.74. The lowest BCUT2D eigenvalue weighted by molar-refractivity contribution is -0.118. The van der Waals surface area contributed by atoms with Gasteiger partial charge in [-0.1, -0.05) is 48.2 Å². The smallest absolute Gasteiger partial charge is 0.262 e. The summed E-state index contributed by atoms with van der Waals surface area (Å²) in [6, 6.07) is 22.2. The van der Waals surface area contributed by atoms with Crippen LogP contribution in [0.5, 0.6) is 5.75 Å². The second-order valence-electron chi connectivity index (χ2n) is 9.16. The van der Waals surface area contributed by atoms with Crippen molar-refractivity contribution in [1.82, 2.24) is 20.2 Å². The Labute approximate surface area is 224 Å². The first-order chi connectivity index (χ1) is 18.5. The lowest BCUT2D eigenvalue weighted by Crippen LogP contribution is -2.27. The summed E-state index contributed by atoms with van der Waals surface area (Å²) in [5.41, 5.74) is 2.82. The van der Waals surface area contributed by atoms with E-state index in [4.69, 9.17) is 9.72 Å². The van der Waals surface area contributed by atoms with Crippen LogP contribution in [-0.4, -0.2) is 40.3 Å². The lowest BCUT2D eigenvalue weighted by atomic mass is 10.1. The fourth-order valence-electron chi connectivity index (χ4n) is 3.96. The summed E-state index contributed by atoms with van der Waals surface area (Å²) in [4.78, 5) is 43.0. The molecule has 0 atom stereocenters. The molecule has 38 heavy (non-hydrogen) atoms. The topological polar surface area (TPSA) is 102 Å². The first-order valence-corrected chi connectivity index (χ1v) is 13.4. The molecule has 0 bridgehead atoms. The highest BCUT2D eigenvalue weighted by Gasteiger charge is 2.23. The molecular weight excluding hydrogens is 500 g/mol. The minimum absolute atomic E-state index is 0.0829. The number of amides is 2.